The largest absolute Gasteiger partial charge is 0.370 e. The molecule has 1 aliphatic rings. The average molecular weight is 381 g/mol. The molecule has 0 unspecified atom stereocenters. The van der Waals surface area contributed by atoms with Gasteiger partial charge in [0.15, 0.2) is 0 Å². The van der Waals surface area contributed by atoms with Gasteiger partial charge in [0.1, 0.15) is 0 Å². The summed E-state index contributed by atoms with van der Waals surface area (Å²) in [5.41, 5.74) is 0.910. The highest BCUT2D eigenvalue weighted by Gasteiger charge is 2.58. The Balaban J connectivity index is 1.94. The Morgan fingerprint density at radius 3 is 2.08 bits per heavy atom. The van der Waals surface area contributed by atoms with Crippen LogP contribution in [0.4, 0.5) is 17.6 Å². The van der Waals surface area contributed by atoms with E-state index in [1.807, 2.05) is 6.92 Å². The van der Waals surface area contributed by atoms with Crippen molar-refractivity contribution in [3.05, 3.63) is 29.8 Å². The number of hydrogen-bond acceptors (Lipinski definition) is 2. The minimum Gasteiger partial charge on any atom is -0.186 e. The summed E-state index contributed by atoms with van der Waals surface area (Å²) in [6.45, 7) is 3.93. The molecule has 1 aromatic rings. The van der Waals surface area contributed by atoms with Crippen LogP contribution in [0.1, 0.15) is 51.0 Å². The van der Waals surface area contributed by atoms with E-state index in [1.165, 1.54) is 12.1 Å². The summed E-state index contributed by atoms with van der Waals surface area (Å²) >= 11 is 0.123. The van der Waals surface area contributed by atoms with Gasteiger partial charge in [-0.1, -0.05) is 49.2 Å². The van der Waals surface area contributed by atoms with E-state index in [2.05, 4.69) is 6.92 Å². The number of rotatable bonds is 7. The van der Waals surface area contributed by atoms with Crippen LogP contribution in [0.3, 0.4) is 0 Å². The lowest BCUT2D eigenvalue weighted by molar-refractivity contribution is -0.0839. The smallest absolute Gasteiger partial charge is 0.186 e. The van der Waals surface area contributed by atoms with Crippen molar-refractivity contribution in [2.24, 2.45) is 5.92 Å². The first kappa shape index (κ1) is 20.0. The van der Waals surface area contributed by atoms with Crippen LogP contribution in [0.2, 0.25) is 0 Å². The summed E-state index contributed by atoms with van der Waals surface area (Å²) < 4.78 is 56.6. The molecular formula is C18H24F4S2. The van der Waals surface area contributed by atoms with E-state index in [1.54, 1.807) is 12.1 Å². The van der Waals surface area contributed by atoms with Crippen molar-refractivity contribution in [2.45, 2.75) is 73.0 Å². The summed E-state index contributed by atoms with van der Waals surface area (Å²) in [5.74, 6) is 0.572. The molecule has 1 fully saturated rings. The minimum atomic E-state index is -4.12. The van der Waals surface area contributed by atoms with E-state index in [4.69, 9.17) is 0 Å². The van der Waals surface area contributed by atoms with Gasteiger partial charge in [0.05, 0.1) is 0 Å². The number of aryl methyl sites for hydroxylation is 1. The van der Waals surface area contributed by atoms with Gasteiger partial charge in [-0.3, -0.25) is 0 Å². The molecule has 0 saturated heterocycles. The Morgan fingerprint density at radius 2 is 1.54 bits per heavy atom. The lowest BCUT2D eigenvalue weighted by Gasteiger charge is -2.32. The topological polar surface area (TPSA) is 0 Å². The Hall–Kier alpha value is -0.360. The van der Waals surface area contributed by atoms with E-state index < -0.39 is 10.5 Å². The third-order valence-electron chi connectivity index (χ3n) is 4.41. The number of halogens is 4. The molecule has 0 aliphatic heterocycles. The van der Waals surface area contributed by atoms with Crippen LogP contribution in [0.5, 0.6) is 0 Å². The quantitative estimate of drug-likeness (QED) is 0.358. The molecule has 2 rings (SSSR count). The van der Waals surface area contributed by atoms with E-state index in [-0.39, 0.29) is 33.7 Å². The van der Waals surface area contributed by atoms with Crippen molar-refractivity contribution >= 4 is 23.5 Å². The predicted octanol–water partition coefficient (Wildman–Crippen LogP) is 7.36. The van der Waals surface area contributed by atoms with Crippen molar-refractivity contribution in [2.75, 3.05) is 0 Å². The number of alkyl halides is 4. The maximum Gasteiger partial charge on any atom is 0.370 e. The third-order valence-corrected chi connectivity index (χ3v) is 6.92. The van der Waals surface area contributed by atoms with Crippen LogP contribution in [0, 0.1) is 12.8 Å². The molecule has 0 aromatic heterocycles. The molecule has 0 radical (unpaired) electrons. The first-order chi connectivity index (χ1) is 11.2. The van der Waals surface area contributed by atoms with Crippen LogP contribution in [0.15, 0.2) is 29.2 Å². The fraction of sp³-hybridized carbons (Fsp3) is 0.667. The van der Waals surface area contributed by atoms with Crippen LogP contribution in [-0.2, 0) is 0 Å². The molecule has 0 nitrogen and oxygen atoms in total. The summed E-state index contributed by atoms with van der Waals surface area (Å²) in [6.07, 6.45) is 5.15. The summed E-state index contributed by atoms with van der Waals surface area (Å²) in [7, 11) is 0. The second kappa shape index (κ2) is 8.35. The number of benzene rings is 1. The van der Waals surface area contributed by atoms with E-state index in [0.29, 0.717) is 18.8 Å². The first-order valence-electron chi connectivity index (χ1n) is 8.42. The SMILES string of the molecule is CCCC1CCC(SC(F)(F)C(F)(F)Sc2ccc(C)cc2)CC1. The normalized spacial score (nSPS) is 22.6. The summed E-state index contributed by atoms with van der Waals surface area (Å²) in [5, 5.41) is -8.56. The van der Waals surface area contributed by atoms with Gasteiger partial charge >= 0.3 is 10.5 Å². The Morgan fingerprint density at radius 1 is 0.958 bits per heavy atom. The molecule has 0 atom stereocenters. The number of thioether (sulfide) groups is 2. The highest BCUT2D eigenvalue weighted by molar-refractivity contribution is 8.04. The van der Waals surface area contributed by atoms with Gasteiger partial charge in [-0.25, -0.2) is 0 Å². The van der Waals surface area contributed by atoms with Gasteiger partial charge in [-0.2, -0.15) is 17.6 Å². The van der Waals surface area contributed by atoms with Gasteiger partial charge in [0.25, 0.3) is 0 Å². The summed E-state index contributed by atoms with van der Waals surface area (Å²) in [6, 6.07) is 6.23. The van der Waals surface area contributed by atoms with Crippen molar-refractivity contribution in [3.63, 3.8) is 0 Å². The molecule has 1 saturated carbocycles. The van der Waals surface area contributed by atoms with Crippen molar-refractivity contribution in [3.8, 4) is 0 Å². The fourth-order valence-electron chi connectivity index (χ4n) is 3.04. The van der Waals surface area contributed by atoms with Crippen molar-refractivity contribution in [1.29, 1.82) is 0 Å². The third kappa shape index (κ3) is 5.32. The Kier molecular flexibility index (Phi) is 6.94. The molecule has 6 heteroatoms. The minimum absolute atomic E-state index is 0.0454. The van der Waals surface area contributed by atoms with E-state index in [9.17, 15) is 17.6 Å². The van der Waals surface area contributed by atoms with Crippen LogP contribution >= 0.6 is 23.5 Å². The molecule has 24 heavy (non-hydrogen) atoms. The average Bonchev–Trinajstić information content (AvgIpc) is 2.51. The van der Waals surface area contributed by atoms with Crippen LogP contribution in [-0.4, -0.2) is 15.8 Å². The van der Waals surface area contributed by atoms with Gasteiger partial charge in [-0.15, -0.1) is 0 Å². The summed E-state index contributed by atoms with van der Waals surface area (Å²) in [4.78, 5) is 0.164. The first-order valence-corrected chi connectivity index (χ1v) is 10.1. The zero-order valence-corrected chi connectivity index (χ0v) is 15.7. The zero-order valence-electron chi connectivity index (χ0n) is 14.0. The number of hydrogen-bond donors (Lipinski definition) is 0. The predicted molar refractivity (Wildman–Crippen MR) is 95.2 cm³/mol. The Bertz CT molecular complexity index is 508. The highest BCUT2D eigenvalue weighted by Crippen LogP contribution is 2.55. The van der Waals surface area contributed by atoms with Gasteiger partial charge in [0.2, 0.25) is 0 Å². The van der Waals surface area contributed by atoms with Gasteiger partial charge < -0.3 is 0 Å². The lowest BCUT2D eigenvalue weighted by atomic mass is 9.86. The maximum absolute atomic E-state index is 14.2. The van der Waals surface area contributed by atoms with Crippen molar-refractivity contribution in [1.82, 2.24) is 0 Å². The monoisotopic (exact) mass is 380 g/mol. The molecule has 0 amide bonds. The molecule has 0 bridgehead atoms. The lowest BCUT2D eigenvalue weighted by Crippen LogP contribution is -2.36. The second-order valence-electron chi connectivity index (χ2n) is 6.50. The van der Waals surface area contributed by atoms with Gasteiger partial charge in [0, 0.05) is 10.1 Å². The second-order valence-corrected chi connectivity index (χ2v) is 9.10. The molecular weight excluding hydrogens is 356 g/mol. The molecule has 0 heterocycles. The highest BCUT2D eigenvalue weighted by atomic mass is 32.2. The van der Waals surface area contributed by atoms with E-state index >= 15 is 0 Å². The molecule has 136 valence electrons. The maximum atomic E-state index is 14.2. The van der Waals surface area contributed by atoms with Crippen molar-refractivity contribution < 1.29 is 17.6 Å². The van der Waals surface area contributed by atoms with Gasteiger partial charge in [-0.05, 0) is 62.4 Å². The zero-order chi connectivity index (χ0) is 17.8. The molecule has 0 N–H and O–H groups in total. The van der Waals surface area contributed by atoms with E-state index in [0.717, 1.165) is 31.2 Å². The standard InChI is InChI=1S/C18H24F4S2/c1-3-4-14-7-11-16(12-8-14)24-18(21,22)17(19,20)23-15-9-5-13(2)6-10-15/h5-6,9-10,14,16H,3-4,7-8,11-12H2,1-2H3. The van der Waals surface area contributed by atoms with Crippen LogP contribution < -0.4 is 0 Å². The van der Waals surface area contributed by atoms with Crippen LogP contribution in [0.25, 0.3) is 0 Å². The fourth-order valence-corrected chi connectivity index (χ4v) is 5.06. The molecule has 1 aliphatic carbocycles. The Labute approximate surface area is 150 Å². The molecule has 0 spiro atoms. The molecule has 1 aromatic carbocycles.